The molecule has 0 radical (unpaired) electrons. The minimum atomic E-state index is -0.194. The number of ether oxygens (including phenoxy) is 1. The molecule has 0 aromatic heterocycles. The van der Waals surface area contributed by atoms with Crippen LogP contribution in [0.3, 0.4) is 0 Å². The van der Waals surface area contributed by atoms with Crippen LogP contribution < -0.4 is 10.6 Å². The molecule has 0 fully saturated rings. The number of hydrogen-bond acceptors (Lipinski definition) is 3. The molecule has 1 unspecified atom stereocenters. The maximum atomic E-state index is 11.3. The Bertz CT molecular complexity index is 207. The summed E-state index contributed by atoms with van der Waals surface area (Å²) in [5.41, 5.74) is 0. The van der Waals surface area contributed by atoms with E-state index in [1.54, 1.807) is 0 Å². The van der Waals surface area contributed by atoms with E-state index in [4.69, 9.17) is 4.74 Å². The smallest absolute Gasteiger partial charge is 0.239 e. The van der Waals surface area contributed by atoms with Crippen molar-refractivity contribution in [3.63, 3.8) is 0 Å². The van der Waals surface area contributed by atoms with Crippen molar-refractivity contribution >= 4 is 11.8 Å². The van der Waals surface area contributed by atoms with Gasteiger partial charge in [-0.3, -0.25) is 9.59 Å². The van der Waals surface area contributed by atoms with Crippen molar-refractivity contribution in [1.29, 1.82) is 0 Å². The zero-order chi connectivity index (χ0) is 11.7. The summed E-state index contributed by atoms with van der Waals surface area (Å²) >= 11 is 0. The van der Waals surface area contributed by atoms with Gasteiger partial charge in [0, 0.05) is 26.7 Å². The van der Waals surface area contributed by atoms with Gasteiger partial charge < -0.3 is 15.4 Å². The van der Waals surface area contributed by atoms with Crippen molar-refractivity contribution in [1.82, 2.24) is 10.6 Å². The first-order chi connectivity index (χ1) is 7.10. The Balaban J connectivity index is 3.59. The monoisotopic (exact) mass is 216 g/mol. The number of amides is 2. The molecule has 0 aliphatic carbocycles. The normalized spacial score (nSPS) is 11.9. The van der Waals surface area contributed by atoms with E-state index < -0.39 is 0 Å². The van der Waals surface area contributed by atoms with E-state index in [9.17, 15) is 9.59 Å². The number of carbonyl (C=O) groups excluding carboxylic acids is 2. The van der Waals surface area contributed by atoms with Gasteiger partial charge in [0.15, 0.2) is 0 Å². The molecule has 2 amide bonds. The van der Waals surface area contributed by atoms with Gasteiger partial charge in [-0.15, -0.1) is 0 Å². The Morgan fingerprint density at radius 1 is 1.33 bits per heavy atom. The summed E-state index contributed by atoms with van der Waals surface area (Å²) < 4.78 is 5.18. The molecule has 5 heteroatoms. The molecule has 0 aliphatic heterocycles. The zero-order valence-electron chi connectivity index (χ0n) is 9.63. The van der Waals surface area contributed by atoms with Crippen molar-refractivity contribution in [3.05, 3.63) is 0 Å². The van der Waals surface area contributed by atoms with E-state index in [1.165, 1.54) is 7.05 Å². The third kappa shape index (κ3) is 7.93. The van der Waals surface area contributed by atoms with Crippen LogP contribution >= 0.6 is 0 Å². The Morgan fingerprint density at radius 3 is 2.53 bits per heavy atom. The first-order valence-electron chi connectivity index (χ1n) is 5.15. The molecule has 0 aromatic rings. The first kappa shape index (κ1) is 13.9. The van der Waals surface area contributed by atoms with Crippen LogP contribution in [-0.2, 0) is 14.3 Å². The van der Waals surface area contributed by atoms with E-state index in [0.29, 0.717) is 19.6 Å². The van der Waals surface area contributed by atoms with Crippen molar-refractivity contribution in [2.45, 2.75) is 20.3 Å². The van der Waals surface area contributed by atoms with Crippen LogP contribution in [0, 0.1) is 5.92 Å². The molecule has 2 N–H and O–H groups in total. The van der Waals surface area contributed by atoms with Gasteiger partial charge in [-0.05, 0) is 12.8 Å². The molecular weight excluding hydrogens is 196 g/mol. The number of nitrogens with one attached hydrogen (secondary N) is 2. The highest BCUT2D eigenvalue weighted by Gasteiger charge is 2.09. The minimum Gasteiger partial charge on any atom is -0.381 e. The lowest BCUT2D eigenvalue weighted by Crippen LogP contribution is -2.36. The second kappa shape index (κ2) is 8.23. The van der Waals surface area contributed by atoms with Crippen LogP contribution in [0.5, 0.6) is 0 Å². The highest BCUT2D eigenvalue weighted by atomic mass is 16.5. The molecule has 0 spiro atoms. The number of likely N-dealkylation sites (N-methyl/N-ethyl adjacent to an activating group) is 1. The van der Waals surface area contributed by atoms with Crippen LogP contribution in [0.4, 0.5) is 0 Å². The van der Waals surface area contributed by atoms with E-state index in [2.05, 4.69) is 10.6 Å². The maximum absolute atomic E-state index is 11.3. The van der Waals surface area contributed by atoms with Gasteiger partial charge >= 0.3 is 0 Å². The SMILES string of the molecule is CCOCC(C)CC(=O)NCC(=O)NC. The summed E-state index contributed by atoms with van der Waals surface area (Å²) in [5.74, 6) is -0.138. The minimum absolute atomic E-state index is 0.0384. The van der Waals surface area contributed by atoms with Gasteiger partial charge in [0.2, 0.25) is 11.8 Å². The van der Waals surface area contributed by atoms with E-state index in [0.717, 1.165) is 0 Å². The van der Waals surface area contributed by atoms with Crippen molar-refractivity contribution in [3.8, 4) is 0 Å². The van der Waals surface area contributed by atoms with Gasteiger partial charge in [-0.25, -0.2) is 0 Å². The quantitative estimate of drug-likeness (QED) is 0.625. The third-order valence-corrected chi connectivity index (χ3v) is 1.87. The fraction of sp³-hybridized carbons (Fsp3) is 0.800. The van der Waals surface area contributed by atoms with E-state index >= 15 is 0 Å². The van der Waals surface area contributed by atoms with Gasteiger partial charge in [0.1, 0.15) is 0 Å². The number of carbonyl (C=O) groups is 2. The van der Waals surface area contributed by atoms with Gasteiger partial charge in [-0.2, -0.15) is 0 Å². The fourth-order valence-corrected chi connectivity index (χ4v) is 1.03. The van der Waals surface area contributed by atoms with E-state index in [1.807, 2.05) is 13.8 Å². The maximum Gasteiger partial charge on any atom is 0.239 e. The molecule has 0 saturated carbocycles. The zero-order valence-corrected chi connectivity index (χ0v) is 9.63. The second-order valence-corrected chi connectivity index (χ2v) is 3.42. The largest absolute Gasteiger partial charge is 0.381 e. The molecule has 0 aliphatic rings. The van der Waals surface area contributed by atoms with Gasteiger partial charge in [0.25, 0.3) is 0 Å². The molecule has 88 valence electrons. The van der Waals surface area contributed by atoms with Crippen LogP contribution in [0.2, 0.25) is 0 Å². The van der Waals surface area contributed by atoms with Crippen LogP contribution in [0.15, 0.2) is 0 Å². The molecule has 0 heterocycles. The highest BCUT2D eigenvalue weighted by Crippen LogP contribution is 2.01. The summed E-state index contributed by atoms with van der Waals surface area (Å²) in [5, 5.41) is 4.96. The van der Waals surface area contributed by atoms with Gasteiger partial charge in [-0.1, -0.05) is 6.92 Å². The Morgan fingerprint density at radius 2 is 2.00 bits per heavy atom. The molecule has 5 nitrogen and oxygen atoms in total. The molecule has 15 heavy (non-hydrogen) atoms. The second-order valence-electron chi connectivity index (χ2n) is 3.42. The molecule has 0 aromatic carbocycles. The molecule has 0 bridgehead atoms. The van der Waals surface area contributed by atoms with Crippen LogP contribution in [0.25, 0.3) is 0 Å². The fourth-order valence-electron chi connectivity index (χ4n) is 1.03. The van der Waals surface area contributed by atoms with Crippen molar-refractivity contribution < 1.29 is 14.3 Å². The molecular formula is C10H20N2O3. The summed E-state index contributed by atoms with van der Waals surface area (Å²) in [4.78, 5) is 22.1. The standard InChI is InChI=1S/C10H20N2O3/c1-4-15-7-8(2)5-9(13)12-6-10(14)11-3/h8H,4-7H2,1-3H3,(H,11,14)(H,12,13). The summed E-state index contributed by atoms with van der Waals surface area (Å²) in [6.45, 7) is 5.12. The van der Waals surface area contributed by atoms with Crippen LogP contribution in [-0.4, -0.2) is 38.6 Å². The predicted octanol–water partition coefficient (Wildman–Crippen LogP) is -0.0887. The molecule has 1 atom stereocenters. The molecule has 0 rings (SSSR count). The molecule has 0 saturated heterocycles. The highest BCUT2D eigenvalue weighted by molar-refractivity contribution is 5.84. The number of hydrogen-bond donors (Lipinski definition) is 2. The number of rotatable bonds is 7. The van der Waals surface area contributed by atoms with Crippen molar-refractivity contribution in [2.24, 2.45) is 5.92 Å². The lowest BCUT2D eigenvalue weighted by Gasteiger charge is -2.10. The summed E-state index contributed by atoms with van der Waals surface area (Å²) in [6, 6.07) is 0. The van der Waals surface area contributed by atoms with Crippen molar-refractivity contribution in [2.75, 3.05) is 26.8 Å². The lowest BCUT2D eigenvalue weighted by atomic mass is 10.1. The first-order valence-corrected chi connectivity index (χ1v) is 5.15. The average molecular weight is 216 g/mol. The van der Waals surface area contributed by atoms with Gasteiger partial charge in [0.05, 0.1) is 6.54 Å². The predicted molar refractivity (Wildman–Crippen MR) is 57.4 cm³/mol. The Labute approximate surface area is 90.6 Å². The third-order valence-electron chi connectivity index (χ3n) is 1.87. The summed E-state index contributed by atoms with van der Waals surface area (Å²) in [7, 11) is 1.53. The average Bonchev–Trinajstić information content (AvgIpc) is 2.22. The Hall–Kier alpha value is -1.10. The lowest BCUT2D eigenvalue weighted by molar-refractivity contribution is -0.126. The topological polar surface area (TPSA) is 67.4 Å². The van der Waals surface area contributed by atoms with Crippen LogP contribution in [0.1, 0.15) is 20.3 Å². The Kier molecular flexibility index (Phi) is 7.62. The summed E-state index contributed by atoms with van der Waals surface area (Å²) in [6.07, 6.45) is 0.386. The van der Waals surface area contributed by atoms with E-state index in [-0.39, 0.29) is 24.3 Å².